The zero-order chi connectivity index (χ0) is 20.3. The number of aliphatic imine (C=N–C) groups is 1. The van der Waals surface area contributed by atoms with Crippen molar-refractivity contribution in [2.24, 2.45) is 4.99 Å². The molecule has 3 rings (SSSR count). The summed E-state index contributed by atoms with van der Waals surface area (Å²) in [6.45, 7) is 6.27. The highest BCUT2D eigenvalue weighted by Crippen LogP contribution is 2.38. The van der Waals surface area contributed by atoms with E-state index in [1.165, 1.54) is 21.1 Å². The number of phenolic OH excluding ortho intramolecular Hbond substituents is 1. The van der Waals surface area contributed by atoms with Gasteiger partial charge in [0.1, 0.15) is 17.1 Å². The Morgan fingerprint density at radius 1 is 1.39 bits per heavy atom. The molecular formula is C20H24BrN2O4S+. The van der Waals surface area contributed by atoms with Crippen LogP contribution in [0.5, 0.6) is 11.5 Å². The van der Waals surface area contributed by atoms with Gasteiger partial charge < -0.3 is 19.5 Å². The lowest BCUT2D eigenvalue weighted by molar-refractivity contribution is -0.895. The maximum atomic E-state index is 12.6. The Hall–Kier alpha value is -1.90. The number of fused-ring (bicyclic) bond motifs is 1. The second-order valence-electron chi connectivity index (χ2n) is 6.57. The molecule has 2 N–H and O–H groups in total. The van der Waals surface area contributed by atoms with Crippen molar-refractivity contribution in [1.82, 2.24) is 0 Å². The van der Waals surface area contributed by atoms with E-state index >= 15 is 0 Å². The number of ether oxygens (including phenoxy) is 2. The maximum absolute atomic E-state index is 12.6. The normalized spacial score (nSPS) is 16.2. The molecule has 0 spiro atoms. The van der Waals surface area contributed by atoms with Crippen LogP contribution in [0.4, 0.5) is 5.00 Å². The van der Waals surface area contributed by atoms with Crippen molar-refractivity contribution in [1.29, 1.82) is 0 Å². The van der Waals surface area contributed by atoms with Crippen molar-refractivity contribution in [2.75, 3.05) is 26.8 Å². The predicted octanol–water partition coefficient (Wildman–Crippen LogP) is 3.11. The molecule has 1 unspecified atom stereocenters. The van der Waals surface area contributed by atoms with E-state index in [0.29, 0.717) is 35.1 Å². The Labute approximate surface area is 176 Å². The van der Waals surface area contributed by atoms with Gasteiger partial charge in [-0.15, -0.1) is 11.3 Å². The molecule has 2 heterocycles. The fourth-order valence-electron chi connectivity index (χ4n) is 3.20. The number of esters is 1. The molecule has 1 atom stereocenters. The Morgan fingerprint density at radius 2 is 2.18 bits per heavy atom. The van der Waals surface area contributed by atoms with Crippen molar-refractivity contribution in [3.8, 4) is 11.5 Å². The summed E-state index contributed by atoms with van der Waals surface area (Å²) in [6.07, 6.45) is 2.40. The average Bonchev–Trinajstić information content (AvgIpc) is 3.01. The minimum Gasteiger partial charge on any atom is -0.504 e. The molecule has 0 bridgehead atoms. The van der Waals surface area contributed by atoms with Crippen LogP contribution in [0.15, 0.2) is 21.6 Å². The first-order valence-corrected chi connectivity index (χ1v) is 10.9. The number of carbonyl (C=O) groups excluding carboxylic acids is 1. The molecule has 0 saturated heterocycles. The third-order valence-electron chi connectivity index (χ3n) is 4.51. The summed E-state index contributed by atoms with van der Waals surface area (Å²) in [5, 5.41) is 11.1. The Morgan fingerprint density at radius 3 is 2.89 bits per heavy atom. The number of likely N-dealkylation sites (N-methyl/N-ethyl adjacent to an activating group) is 1. The quantitative estimate of drug-likeness (QED) is 0.505. The number of aromatic hydroxyl groups is 1. The van der Waals surface area contributed by atoms with Crippen LogP contribution in [-0.2, 0) is 17.7 Å². The van der Waals surface area contributed by atoms with E-state index in [0.717, 1.165) is 29.5 Å². The molecule has 28 heavy (non-hydrogen) atoms. The van der Waals surface area contributed by atoms with Gasteiger partial charge in [0.05, 0.1) is 31.7 Å². The number of rotatable bonds is 6. The van der Waals surface area contributed by atoms with E-state index in [2.05, 4.69) is 28.0 Å². The first-order chi connectivity index (χ1) is 13.4. The molecule has 2 aromatic rings. The molecule has 0 fully saturated rings. The largest absolute Gasteiger partial charge is 0.504 e. The fraction of sp³-hybridized carbons (Fsp3) is 0.400. The summed E-state index contributed by atoms with van der Waals surface area (Å²) < 4.78 is 11.5. The highest BCUT2D eigenvalue weighted by atomic mass is 79.9. The topological polar surface area (TPSA) is 72.6 Å². The zero-order valence-corrected chi connectivity index (χ0v) is 18.6. The molecule has 0 saturated carbocycles. The second kappa shape index (κ2) is 9.07. The van der Waals surface area contributed by atoms with Crippen molar-refractivity contribution in [3.63, 3.8) is 0 Å². The number of thiophene rings is 1. The highest BCUT2D eigenvalue weighted by molar-refractivity contribution is 9.10. The number of halogens is 1. The maximum Gasteiger partial charge on any atom is 0.341 e. The molecule has 6 nitrogen and oxygen atoms in total. The van der Waals surface area contributed by atoms with Crippen LogP contribution in [0.2, 0.25) is 0 Å². The van der Waals surface area contributed by atoms with Crippen LogP contribution in [0, 0.1) is 0 Å². The van der Waals surface area contributed by atoms with Gasteiger partial charge in [0.15, 0.2) is 11.5 Å². The van der Waals surface area contributed by atoms with Crippen molar-refractivity contribution in [2.45, 2.75) is 26.8 Å². The van der Waals surface area contributed by atoms with Gasteiger partial charge in [-0.25, -0.2) is 9.79 Å². The fourth-order valence-corrected chi connectivity index (χ4v) is 4.94. The molecular weight excluding hydrogens is 444 g/mol. The minimum atomic E-state index is -0.333. The first kappa shape index (κ1) is 20.8. The van der Waals surface area contributed by atoms with E-state index in [9.17, 15) is 9.90 Å². The van der Waals surface area contributed by atoms with E-state index in [-0.39, 0.29) is 11.7 Å². The molecule has 0 radical (unpaired) electrons. The van der Waals surface area contributed by atoms with Gasteiger partial charge in [0.25, 0.3) is 0 Å². The number of hydrogen-bond donors (Lipinski definition) is 2. The standard InChI is InChI=1S/C20H23BrN2O4S/c1-4-26-15-9-13(21)8-12(18(15)24)10-22-19-17(20(25)27-5-2)14-6-7-23(3)11-16(14)28-19/h8-10,24H,4-7,11H2,1-3H3/p+1/b22-10+. The summed E-state index contributed by atoms with van der Waals surface area (Å²) in [6, 6.07) is 3.47. The summed E-state index contributed by atoms with van der Waals surface area (Å²) in [4.78, 5) is 19.7. The van der Waals surface area contributed by atoms with E-state index < -0.39 is 0 Å². The average molecular weight is 468 g/mol. The Bertz CT molecular complexity index is 910. The highest BCUT2D eigenvalue weighted by Gasteiger charge is 2.29. The molecule has 1 aliphatic rings. The summed E-state index contributed by atoms with van der Waals surface area (Å²) >= 11 is 4.95. The summed E-state index contributed by atoms with van der Waals surface area (Å²) in [5.41, 5.74) is 2.13. The van der Waals surface area contributed by atoms with Gasteiger partial charge >= 0.3 is 5.97 Å². The number of carbonyl (C=O) groups is 1. The third kappa shape index (κ3) is 4.39. The Kier molecular flexibility index (Phi) is 6.74. The third-order valence-corrected chi connectivity index (χ3v) is 6.10. The first-order valence-electron chi connectivity index (χ1n) is 9.26. The van der Waals surface area contributed by atoms with Gasteiger partial charge in [-0.3, -0.25) is 0 Å². The van der Waals surface area contributed by atoms with Gasteiger partial charge in [-0.2, -0.15) is 0 Å². The van der Waals surface area contributed by atoms with Crippen LogP contribution in [0.3, 0.4) is 0 Å². The van der Waals surface area contributed by atoms with Crippen LogP contribution in [-0.4, -0.2) is 44.1 Å². The lowest BCUT2D eigenvalue weighted by Gasteiger charge is -2.19. The minimum absolute atomic E-state index is 0.0250. The number of nitrogens with one attached hydrogen (secondary N) is 1. The molecule has 0 aliphatic carbocycles. The monoisotopic (exact) mass is 467 g/mol. The lowest BCUT2D eigenvalue weighted by atomic mass is 10.0. The molecule has 1 aliphatic heterocycles. The second-order valence-corrected chi connectivity index (χ2v) is 8.57. The van der Waals surface area contributed by atoms with Gasteiger partial charge in [-0.1, -0.05) is 15.9 Å². The van der Waals surface area contributed by atoms with E-state index in [1.807, 2.05) is 6.92 Å². The van der Waals surface area contributed by atoms with Crippen LogP contribution in [0.1, 0.15) is 40.2 Å². The summed E-state index contributed by atoms with van der Waals surface area (Å²) in [5.74, 6) is 0.0804. The van der Waals surface area contributed by atoms with Gasteiger partial charge in [0, 0.05) is 22.7 Å². The van der Waals surface area contributed by atoms with E-state index in [1.54, 1.807) is 25.3 Å². The molecule has 8 heteroatoms. The number of hydrogen-bond acceptors (Lipinski definition) is 6. The SMILES string of the molecule is CCOC(=O)c1c(/N=C/c2cc(Br)cc(OCC)c2O)sc2c1CC[NH+](C)C2. The molecule has 1 aromatic heterocycles. The zero-order valence-electron chi connectivity index (χ0n) is 16.2. The number of phenols is 1. The Balaban J connectivity index is 2.01. The van der Waals surface area contributed by atoms with Crippen LogP contribution < -0.4 is 9.64 Å². The van der Waals surface area contributed by atoms with Gasteiger partial charge in [-0.05, 0) is 31.5 Å². The number of nitrogens with zero attached hydrogens (tertiary/aromatic N) is 1. The van der Waals surface area contributed by atoms with Gasteiger partial charge in [0.2, 0.25) is 0 Å². The van der Waals surface area contributed by atoms with Crippen LogP contribution in [0.25, 0.3) is 0 Å². The van der Waals surface area contributed by atoms with Crippen molar-refractivity contribution in [3.05, 3.63) is 38.2 Å². The number of benzene rings is 1. The smallest absolute Gasteiger partial charge is 0.341 e. The van der Waals surface area contributed by atoms with E-state index in [4.69, 9.17) is 9.47 Å². The number of quaternary nitrogens is 1. The predicted molar refractivity (Wildman–Crippen MR) is 114 cm³/mol. The van der Waals surface area contributed by atoms with Crippen LogP contribution >= 0.6 is 27.3 Å². The molecule has 1 aromatic carbocycles. The van der Waals surface area contributed by atoms with Crippen molar-refractivity contribution < 1.29 is 24.3 Å². The molecule has 0 amide bonds. The molecule has 150 valence electrons. The van der Waals surface area contributed by atoms with Crippen molar-refractivity contribution >= 4 is 44.5 Å². The lowest BCUT2D eigenvalue weighted by Crippen LogP contribution is -3.08. The summed E-state index contributed by atoms with van der Waals surface area (Å²) in [7, 11) is 2.14.